The first-order valence-corrected chi connectivity index (χ1v) is 7.29. The molecule has 7 heteroatoms. The second kappa shape index (κ2) is 4.64. The zero-order chi connectivity index (χ0) is 14.4. The molecule has 2 fully saturated rings. The first kappa shape index (κ1) is 13.0. The van der Waals surface area contributed by atoms with Gasteiger partial charge < -0.3 is 19.3 Å². The highest BCUT2D eigenvalue weighted by Crippen LogP contribution is 2.41. The van der Waals surface area contributed by atoms with Gasteiger partial charge in [0.25, 0.3) is 0 Å². The minimum absolute atomic E-state index is 0.153. The van der Waals surface area contributed by atoms with Crippen molar-refractivity contribution >= 4 is 17.1 Å². The highest BCUT2D eigenvalue weighted by atomic mass is 16.5. The molecular weight excluding hydrogens is 270 g/mol. The Hall–Kier alpha value is -1.73. The molecule has 2 atom stereocenters. The van der Waals surface area contributed by atoms with Crippen LogP contribution in [-0.2, 0) is 11.8 Å². The SMILES string of the molecule is Cn1cnc2nc(N3C[C@@H]4CCOC[C@]4(CO)C3)ncc21. The van der Waals surface area contributed by atoms with E-state index in [9.17, 15) is 5.11 Å². The summed E-state index contributed by atoms with van der Waals surface area (Å²) in [5.74, 6) is 1.14. The van der Waals surface area contributed by atoms with Gasteiger partial charge in [-0.15, -0.1) is 0 Å². The van der Waals surface area contributed by atoms with Crippen LogP contribution in [0.1, 0.15) is 6.42 Å². The Kier molecular flexibility index (Phi) is 2.87. The van der Waals surface area contributed by atoms with Crippen LogP contribution >= 0.6 is 0 Å². The molecule has 2 aliphatic rings. The molecule has 1 N–H and O–H groups in total. The van der Waals surface area contributed by atoms with Crippen LogP contribution in [0.4, 0.5) is 5.95 Å². The fraction of sp³-hybridized carbons (Fsp3) is 0.643. The van der Waals surface area contributed by atoms with Crippen LogP contribution in [0.3, 0.4) is 0 Å². The van der Waals surface area contributed by atoms with Crippen LogP contribution in [0, 0.1) is 11.3 Å². The molecule has 112 valence electrons. The van der Waals surface area contributed by atoms with E-state index in [1.54, 1.807) is 6.33 Å². The fourth-order valence-electron chi connectivity index (χ4n) is 3.53. The number of fused-ring (bicyclic) bond motifs is 2. The number of rotatable bonds is 2. The van der Waals surface area contributed by atoms with Gasteiger partial charge in [-0.25, -0.2) is 9.97 Å². The van der Waals surface area contributed by atoms with Gasteiger partial charge in [-0.3, -0.25) is 0 Å². The van der Waals surface area contributed by atoms with Gasteiger partial charge in [0.1, 0.15) is 5.52 Å². The first-order chi connectivity index (χ1) is 10.2. The minimum Gasteiger partial charge on any atom is -0.396 e. The Balaban J connectivity index is 1.66. The maximum Gasteiger partial charge on any atom is 0.227 e. The summed E-state index contributed by atoms with van der Waals surface area (Å²) in [6.45, 7) is 3.17. The van der Waals surface area contributed by atoms with Crippen LogP contribution < -0.4 is 4.90 Å². The number of aromatic nitrogens is 4. The topological polar surface area (TPSA) is 76.3 Å². The average Bonchev–Trinajstić information content (AvgIpc) is 3.08. The van der Waals surface area contributed by atoms with Crippen LogP contribution in [0.25, 0.3) is 11.2 Å². The number of aliphatic hydroxyl groups excluding tert-OH is 1. The number of imidazole rings is 1. The third-order valence-electron chi connectivity index (χ3n) is 4.88. The second-order valence-electron chi connectivity index (χ2n) is 6.17. The van der Waals surface area contributed by atoms with E-state index in [0.29, 0.717) is 24.1 Å². The number of anilines is 1. The summed E-state index contributed by atoms with van der Waals surface area (Å²) in [5.41, 5.74) is 1.47. The van der Waals surface area contributed by atoms with Crippen LogP contribution in [0.15, 0.2) is 12.5 Å². The van der Waals surface area contributed by atoms with Gasteiger partial charge in [0, 0.05) is 32.2 Å². The lowest BCUT2D eigenvalue weighted by molar-refractivity contribution is -0.0543. The Morgan fingerprint density at radius 3 is 3.19 bits per heavy atom. The van der Waals surface area contributed by atoms with E-state index in [-0.39, 0.29) is 12.0 Å². The summed E-state index contributed by atoms with van der Waals surface area (Å²) >= 11 is 0. The van der Waals surface area contributed by atoms with Crippen molar-refractivity contribution in [2.75, 3.05) is 37.8 Å². The van der Waals surface area contributed by atoms with Crippen molar-refractivity contribution in [3.8, 4) is 0 Å². The quantitative estimate of drug-likeness (QED) is 0.851. The molecule has 0 aromatic carbocycles. The van der Waals surface area contributed by atoms with E-state index in [1.165, 1.54) is 0 Å². The number of hydrogen-bond acceptors (Lipinski definition) is 6. The molecule has 2 saturated heterocycles. The lowest BCUT2D eigenvalue weighted by Gasteiger charge is -2.36. The van der Waals surface area contributed by atoms with Crippen molar-refractivity contribution in [3.05, 3.63) is 12.5 Å². The molecule has 0 amide bonds. The molecule has 0 aliphatic carbocycles. The smallest absolute Gasteiger partial charge is 0.227 e. The molecule has 0 radical (unpaired) electrons. The highest BCUT2D eigenvalue weighted by Gasteiger charge is 2.48. The summed E-state index contributed by atoms with van der Waals surface area (Å²) in [5, 5.41) is 9.83. The van der Waals surface area contributed by atoms with E-state index in [4.69, 9.17) is 4.74 Å². The van der Waals surface area contributed by atoms with E-state index < -0.39 is 0 Å². The van der Waals surface area contributed by atoms with Crippen molar-refractivity contribution in [1.82, 2.24) is 19.5 Å². The van der Waals surface area contributed by atoms with Crippen molar-refractivity contribution < 1.29 is 9.84 Å². The number of hydrogen-bond donors (Lipinski definition) is 1. The normalized spacial score (nSPS) is 29.0. The number of aliphatic hydroxyl groups is 1. The van der Waals surface area contributed by atoms with E-state index in [1.807, 2.05) is 17.8 Å². The monoisotopic (exact) mass is 289 g/mol. The van der Waals surface area contributed by atoms with Gasteiger partial charge in [0.2, 0.25) is 5.95 Å². The van der Waals surface area contributed by atoms with Gasteiger partial charge in [-0.05, 0) is 12.3 Å². The summed E-state index contributed by atoms with van der Waals surface area (Å²) in [6.07, 6.45) is 4.55. The zero-order valence-electron chi connectivity index (χ0n) is 12.1. The van der Waals surface area contributed by atoms with Crippen molar-refractivity contribution in [1.29, 1.82) is 0 Å². The van der Waals surface area contributed by atoms with E-state index >= 15 is 0 Å². The predicted molar refractivity (Wildman–Crippen MR) is 77.0 cm³/mol. The molecular formula is C14H19N5O2. The maximum absolute atomic E-state index is 9.83. The van der Waals surface area contributed by atoms with Gasteiger partial charge in [-0.2, -0.15) is 4.98 Å². The van der Waals surface area contributed by atoms with Crippen LogP contribution in [0.5, 0.6) is 0 Å². The average molecular weight is 289 g/mol. The second-order valence-corrected chi connectivity index (χ2v) is 6.17. The summed E-state index contributed by atoms with van der Waals surface area (Å²) in [7, 11) is 1.93. The molecule has 2 aromatic heterocycles. The largest absolute Gasteiger partial charge is 0.396 e. The molecule has 2 aliphatic heterocycles. The van der Waals surface area contributed by atoms with Crippen molar-refractivity contribution in [2.24, 2.45) is 18.4 Å². The highest BCUT2D eigenvalue weighted by molar-refractivity contribution is 5.71. The summed E-state index contributed by atoms with van der Waals surface area (Å²) in [6, 6.07) is 0. The van der Waals surface area contributed by atoms with Gasteiger partial charge in [-0.1, -0.05) is 0 Å². The first-order valence-electron chi connectivity index (χ1n) is 7.29. The third kappa shape index (κ3) is 1.91. The van der Waals surface area contributed by atoms with Gasteiger partial charge >= 0.3 is 0 Å². The van der Waals surface area contributed by atoms with Gasteiger partial charge in [0.05, 0.1) is 25.7 Å². The molecule has 0 bridgehead atoms. The van der Waals surface area contributed by atoms with Crippen LogP contribution in [0.2, 0.25) is 0 Å². The summed E-state index contributed by atoms with van der Waals surface area (Å²) < 4.78 is 7.50. The Bertz CT molecular complexity index is 672. The minimum atomic E-state index is -0.166. The third-order valence-corrected chi connectivity index (χ3v) is 4.88. The number of nitrogens with zero attached hydrogens (tertiary/aromatic N) is 5. The maximum atomic E-state index is 9.83. The van der Waals surface area contributed by atoms with Gasteiger partial charge in [0.15, 0.2) is 5.65 Å². The molecule has 4 heterocycles. The lowest BCUT2D eigenvalue weighted by atomic mass is 9.76. The van der Waals surface area contributed by atoms with Crippen molar-refractivity contribution in [3.63, 3.8) is 0 Å². The Morgan fingerprint density at radius 2 is 2.38 bits per heavy atom. The van der Waals surface area contributed by atoms with Crippen LogP contribution in [-0.4, -0.2) is 57.5 Å². The molecule has 0 saturated carbocycles. The molecule has 4 rings (SSSR count). The lowest BCUT2D eigenvalue weighted by Crippen LogP contribution is -2.43. The fourth-order valence-corrected chi connectivity index (χ4v) is 3.53. The predicted octanol–water partition coefficient (Wildman–Crippen LogP) is 0.199. The molecule has 21 heavy (non-hydrogen) atoms. The number of aryl methyl sites for hydroxylation is 1. The van der Waals surface area contributed by atoms with E-state index in [2.05, 4.69) is 19.9 Å². The number of ether oxygens (including phenoxy) is 1. The van der Waals surface area contributed by atoms with E-state index in [0.717, 1.165) is 31.6 Å². The summed E-state index contributed by atoms with van der Waals surface area (Å²) in [4.78, 5) is 15.5. The molecule has 0 spiro atoms. The molecule has 0 unspecified atom stereocenters. The standard InChI is InChI=1S/C14H19N5O2/c1-18-9-16-12-11(18)4-15-13(17-12)19-5-10-2-3-21-8-14(10,6-19)7-20/h4,9-10,20H,2-3,5-8H2,1H3/t10-,14+/m0/s1. The molecule has 2 aromatic rings. The molecule has 7 nitrogen and oxygen atoms in total. The Morgan fingerprint density at radius 1 is 1.48 bits per heavy atom. The van der Waals surface area contributed by atoms with Crippen molar-refractivity contribution in [2.45, 2.75) is 6.42 Å². The zero-order valence-corrected chi connectivity index (χ0v) is 12.1. The Labute approximate surface area is 122 Å².